The number of nitrogens with one attached hydrogen (secondary N) is 1. The zero-order valence-corrected chi connectivity index (χ0v) is 12.8. The van der Waals surface area contributed by atoms with E-state index in [9.17, 15) is 0 Å². The highest BCUT2D eigenvalue weighted by atomic mass is 35.5. The van der Waals surface area contributed by atoms with Crippen LogP contribution in [0.1, 0.15) is 17.8 Å². The van der Waals surface area contributed by atoms with Gasteiger partial charge in [-0.1, -0.05) is 23.7 Å². The van der Waals surface area contributed by atoms with Crippen LogP contribution in [0.3, 0.4) is 0 Å². The predicted molar refractivity (Wildman–Crippen MR) is 85.3 cm³/mol. The molecule has 0 saturated carbocycles. The minimum Gasteiger partial charge on any atom is -0.384 e. The monoisotopic (exact) mass is 294 g/mol. The fourth-order valence-electron chi connectivity index (χ4n) is 1.91. The summed E-state index contributed by atoms with van der Waals surface area (Å²) in [4.78, 5) is 3.76. The minimum atomic E-state index is 0.459. The van der Waals surface area contributed by atoms with Gasteiger partial charge >= 0.3 is 0 Å². The molecule has 1 unspecified atom stereocenters. The molecular weight excluding hydrogens is 276 g/mol. The van der Waals surface area contributed by atoms with Gasteiger partial charge in [0, 0.05) is 34.7 Å². The number of benzene rings is 1. The maximum atomic E-state index is 5.96. The molecule has 0 bridgehead atoms. The molecule has 2 aromatic rings. The average molecular weight is 295 g/mol. The Labute approximate surface area is 124 Å². The van der Waals surface area contributed by atoms with Crippen LogP contribution in [0.15, 0.2) is 41.8 Å². The Bertz CT molecular complexity index is 499. The summed E-state index contributed by atoms with van der Waals surface area (Å²) in [5.41, 5.74) is 1.07. The summed E-state index contributed by atoms with van der Waals surface area (Å²) in [7, 11) is 2.16. The summed E-state index contributed by atoms with van der Waals surface area (Å²) >= 11 is 7.77. The molecule has 0 aliphatic heterocycles. The first-order chi connectivity index (χ1) is 9.16. The molecule has 0 amide bonds. The van der Waals surface area contributed by atoms with Crippen molar-refractivity contribution in [2.45, 2.75) is 13.0 Å². The largest absolute Gasteiger partial charge is 0.384 e. The first-order valence-corrected chi connectivity index (χ1v) is 7.65. The fraction of sp³-hybridized carbons (Fsp3) is 0.333. The molecule has 1 N–H and O–H groups in total. The summed E-state index contributed by atoms with van der Waals surface area (Å²) in [6.45, 7) is 4.14. The van der Waals surface area contributed by atoms with Crippen LogP contribution < -0.4 is 5.32 Å². The molecule has 0 spiro atoms. The molecule has 0 fully saturated rings. The van der Waals surface area contributed by atoms with Gasteiger partial charge in [-0.05, 0) is 43.6 Å². The Morgan fingerprint density at radius 1 is 1.32 bits per heavy atom. The zero-order valence-electron chi connectivity index (χ0n) is 11.3. The summed E-state index contributed by atoms with van der Waals surface area (Å²) in [5, 5.41) is 6.29. The van der Waals surface area contributed by atoms with E-state index in [0.717, 1.165) is 23.8 Å². The molecule has 1 atom stereocenters. The Hall–Kier alpha value is -1.03. The van der Waals surface area contributed by atoms with Gasteiger partial charge in [0.15, 0.2) is 0 Å². The summed E-state index contributed by atoms with van der Waals surface area (Å²) < 4.78 is 0. The molecular formula is C15H19ClN2S. The van der Waals surface area contributed by atoms with Crippen molar-refractivity contribution in [3.05, 3.63) is 51.7 Å². The van der Waals surface area contributed by atoms with Gasteiger partial charge in [-0.2, -0.15) is 0 Å². The van der Waals surface area contributed by atoms with Gasteiger partial charge in [0.05, 0.1) is 0 Å². The highest BCUT2D eigenvalue weighted by molar-refractivity contribution is 7.10. The number of rotatable bonds is 6. The molecule has 1 aromatic carbocycles. The van der Waals surface area contributed by atoms with Crippen LogP contribution in [0.4, 0.5) is 5.69 Å². The summed E-state index contributed by atoms with van der Waals surface area (Å²) in [6, 6.07) is 12.6. The molecule has 102 valence electrons. The highest BCUT2D eigenvalue weighted by Crippen LogP contribution is 2.23. The van der Waals surface area contributed by atoms with Crippen molar-refractivity contribution in [3.8, 4) is 0 Å². The first-order valence-electron chi connectivity index (χ1n) is 6.40. The van der Waals surface area contributed by atoms with Crippen molar-refractivity contribution in [2.75, 3.05) is 25.5 Å². The zero-order chi connectivity index (χ0) is 13.7. The van der Waals surface area contributed by atoms with Gasteiger partial charge in [0.25, 0.3) is 0 Å². The smallest absolute Gasteiger partial charge is 0.0426 e. The van der Waals surface area contributed by atoms with E-state index < -0.39 is 0 Å². The lowest BCUT2D eigenvalue weighted by molar-refractivity contribution is 0.275. The van der Waals surface area contributed by atoms with Crippen LogP contribution in [0.5, 0.6) is 0 Å². The number of nitrogens with zero attached hydrogens (tertiary/aromatic N) is 1. The van der Waals surface area contributed by atoms with Gasteiger partial charge in [0.2, 0.25) is 0 Å². The van der Waals surface area contributed by atoms with E-state index >= 15 is 0 Å². The second-order valence-electron chi connectivity index (χ2n) is 4.61. The third kappa shape index (κ3) is 4.23. The number of thiophene rings is 1. The van der Waals surface area contributed by atoms with Gasteiger partial charge in [0.1, 0.15) is 0 Å². The van der Waals surface area contributed by atoms with E-state index in [-0.39, 0.29) is 0 Å². The number of likely N-dealkylation sites (N-methyl/N-ethyl adjacent to an activating group) is 1. The van der Waals surface area contributed by atoms with Crippen LogP contribution in [0.25, 0.3) is 0 Å². The SMILES string of the molecule is CC(c1cccs1)N(C)CCNc1cccc(Cl)c1. The Balaban J connectivity index is 1.79. The van der Waals surface area contributed by atoms with Crippen molar-refractivity contribution >= 4 is 28.6 Å². The van der Waals surface area contributed by atoms with Crippen LogP contribution in [0.2, 0.25) is 5.02 Å². The molecule has 4 heteroatoms. The molecule has 1 aromatic heterocycles. The molecule has 2 rings (SSSR count). The topological polar surface area (TPSA) is 15.3 Å². The normalized spacial score (nSPS) is 12.6. The van der Waals surface area contributed by atoms with Crippen molar-refractivity contribution < 1.29 is 0 Å². The second kappa shape index (κ2) is 6.94. The molecule has 2 nitrogen and oxygen atoms in total. The lowest BCUT2D eigenvalue weighted by Gasteiger charge is -2.24. The standard InChI is InChI=1S/C15H19ClN2S/c1-12(15-7-4-10-19-15)18(2)9-8-17-14-6-3-5-13(16)11-14/h3-7,10-12,17H,8-9H2,1-2H3. The van der Waals surface area contributed by atoms with Gasteiger partial charge in [-0.25, -0.2) is 0 Å². The summed E-state index contributed by atoms with van der Waals surface area (Å²) in [5.74, 6) is 0. The van der Waals surface area contributed by atoms with Gasteiger partial charge in [-0.3, -0.25) is 4.90 Å². The Morgan fingerprint density at radius 3 is 2.84 bits per heavy atom. The molecule has 1 heterocycles. The molecule has 0 aliphatic carbocycles. The van der Waals surface area contributed by atoms with Crippen molar-refractivity contribution in [1.29, 1.82) is 0 Å². The minimum absolute atomic E-state index is 0.459. The fourth-order valence-corrected chi connectivity index (χ4v) is 2.95. The van der Waals surface area contributed by atoms with Crippen LogP contribution in [-0.4, -0.2) is 25.0 Å². The maximum Gasteiger partial charge on any atom is 0.0426 e. The lowest BCUT2D eigenvalue weighted by Crippen LogP contribution is -2.27. The number of anilines is 1. The first kappa shape index (κ1) is 14.4. The van der Waals surface area contributed by atoms with E-state index in [1.165, 1.54) is 4.88 Å². The van der Waals surface area contributed by atoms with E-state index in [0.29, 0.717) is 6.04 Å². The van der Waals surface area contributed by atoms with E-state index in [2.05, 4.69) is 41.7 Å². The van der Waals surface area contributed by atoms with Crippen LogP contribution in [0, 0.1) is 0 Å². The van der Waals surface area contributed by atoms with E-state index in [1.807, 2.05) is 35.6 Å². The number of hydrogen-bond donors (Lipinski definition) is 1. The van der Waals surface area contributed by atoms with E-state index in [4.69, 9.17) is 11.6 Å². The molecule has 0 saturated heterocycles. The quantitative estimate of drug-likeness (QED) is 0.843. The van der Waals surface area contributed by atoms with Crippen molar-refractivity contribution in [1.82, 2.24) is 4.90 Å². The second-order valence-corrected chi connectivity index (χ2v) is 6.02. The van der Waals surface area contributed by atoms with E-state index in [1.54, 1.807) is 0 Å². The summed E-state index contributed by atoms with van der Waals surface area (Å²) in [6.07, 6.45) is 0. The van der Waals surface area contributed by atoms with Gasteiger partial charge in [-0.15, -0.1) is 11.3 Å². The number of hydrogen-bond acceptors (Lipinski definition) is 3. The third-order valence-electron chi connectivity index (χ3n) is 3.23. The number of halogens is 1. The third-order valence-corrected chi connectivity index (χ3v) is 4.51. The van der Waals surface area contributed by atoms with Crippen molar-refractivity contribution in [2.24, 2.45) is 0 Å². The van der Waals surface area contributed by atoms with Crippen LogP contribution in [-0.2, 0) is 0 Å². The molecule has 0 aliphatic rings. The maximum absolute atomic E-state index is 5.96. The highest BCUT2D eigenvalue weighted by Gasteiger charge is 2.11. The Morgan fingerprint density at radius 2 is 2.16 bits per heavy atom. The molecule has 0 radical (unpaired) electrons. The predicted octanol–water partition coefficient (Wildman–Crippen LogP) is 4.51. The molecule has 19 heavy (non-hydrogen) atoms. The lowest BCUT2D eigenvalue weighted by atomic mass is 10.2. The van der Waals surface area contributed by atoms with Gasteiger partial charge < -0.3 is 5.32 Å². The Kier molecular flexibility index (Phi) is 5.25. The average Bonchev–Trinajstić information content (AvgIpc) is 2.91. The van der Waals surface area contributed by atoms with Crippen molar-refractivity contribution in [3.63, 3.8) is 0 Å². The van der Waals surface area contributed by atoms with Crippen LogP contribution >= 0.6 is 22.9 Å².